The Balaban J connectivity index is 2.10. The summed E-state index contributed by atoms with van der Waals surface area (Å²) in [6.07, 6.45) is 3.52. The molecule has 0 bridgehead atoms. The van der Waals surface area contributed by atoms with Crippen LogP contribution < -0.4 is 10.9 Å². The molecule has 0 amide bonds. The van der Waals surface area contributed by atoms with Crippen LogP contribution in [0.15, 0.2) is 35.4 Å². The number of aromatic amines is 1. The molecule has 6 heteroatoms. The van der Waals surface area contributed by atoms with Gasteiger partial charge in [-0.1, -0.05) is 0 Å². The van der Waals surface area contributed by atoms with Gasteiger partial charge in [0.1, 0.15) is 0 Å². The maximum atomic E-state index is 11.7. The summed E-state index contributed by atoms with van der Waals surface area (Å²) in [5.74, 6) is 0. The topological polar surface area (TPSA) is 71.9 Å². The van der Waals surface area contributed by atoms with E-state index in [0.29, 0.717) is 13.2 Å². The number of ether oxygens (including phenoxy) is 1. The van der Waals surface area contributed by atoms with Gasteiger partial charge in [0.25, 0.3) is 5.56 Å². The number of nitrogens with one attached hydrogen (secondary N) is 2. The summed E-state index contributed by atoms with van der Waals surface area (Å²) in [6, 6.07) is 5.34. The second-order valence-electron chi connectivity index (χ2n) is 4.32. The van der Waals surface area contributed by atoms with Gasteiger partial charge in [0, 0.05) is 32.1 Å². The molecule has 102 valence electrons. The fourth-order valence-corrected chi connectivity index (χ4v) is 1.82. The molecular weight excluding hydrogens is 244 g/mol. The molecule has 0 aromatic carbocycles. The molecule has 2 aromatic heterocycles. The van der Waals surface area contributed by atoms with Crippen molar-refractivity contribution in [3.8, 4) is 0 Å². The average Bonchev–Trinajstić information content (AvgIpc) is 2.93. The zero-order valence-electron chi connectivity index (χ0n) is 11.1. The number of anilines is 1. The van der Waals surface area contributed by atoms with Crippen molar-refractivity contribution in [2.45, 2.75) is 19.5 Å². The number of hydrogen-bond acceptors (Lipinski definition) is 4. The van der Waals surface area contributed by atoms with Crippen LogP contribution >= 0.6 is 0 Å². The zero-order chi connectivity index (χ0) is 13.7. The molecule has 1 atom stereocenters. The van der Waals surface area contributed by atoms with Crippen LogP contribution in [0, 0.1) is 0 Å². The predicted molar refractivity (Wildman–Crippen MR) is 73.2 cm³/mol. The lowest BCUT2D eigenvalue weighted by atomic mass is 10.2. The van der Waals surface area contributed by atoms with Gasteiger partial charge in [-0.3, -0.25) is 9.89 Å². The third kappa shape index (κ3) is 3.45. The van der Waals surface area contributed by atoms with Crippen molar-refractivity contribution in [2.75, 3.05) is 19.0 Å². The quantitative estimate of drug-likeness (QED) is 0.825. The number of rotatable bonds is 6. The first kappa shape index (κ1) is 13.4. The maximum Gasteiger partial charge on any atom is 0.250 e. The molecule has 0 saturated heterocycles. The fourth-order valence-electron chi connectivity index (χ4n) is 1.82. The second-order valence-corrected chi connectivity index (χ2v) is 4.32. The van der Waals surface area contributed by atoms with Gasteiger partial charge in [-0.25, -0.2) is 0 Å². The Kier molecular flexibility index (Phi) is 4.35. The number of pyridine rings is 1. The van der Waals surface area contributed by atoms with Gasteiger partial charge in [0.15, 0.2) is 0 Å². The summed E-state index contributed by atoms with van der Waals surface area (Å²) < 4.78 is 6.62. The smallest absolute Gasteiger partial charge is 0.250 e. The average molecular weight is 262 g/mol. The SMILES string of the molecule is COCCn1cc(NC(C)c2ccn[nH]2)ccc1=O. The van der Waals surface area contributed by atoms with E-state index >= 15 is 0 Å². The molecule has 2 heterocycles. The van der Waals surface area contributed by atoms with Crippen LogP contribution in [0.3, 0.4) is 0 Å². The summed E-state index contributed by atoms with van der Waals surface area (Å²) in [7, 11) is 1.62. The lowest BCUT2D eigenvalue weighted by Gasteiger charge is -2.15. The van der Waals surface area contributed by atoms with E-state index in [0.717, 1.165) is 11.4 Å². The third-order valence-electron chi connectivity index (χ3n) is 2.89. The molecule has 0 aliphatic rings. The Morgan fingerprint density at radius 3 is 3.00 bits per heavy atom. The van der Waals surface area contributed by atoms with E-state index < -0.39 is 0 Å². The van der Waals surface area contributed by atoms with E-state index in [1.807, 2.05) is 13.0 Å². The number of aromatic nitrogens is 3. The molecule has 2 rings (SSSR count). The van der Waals surface area contributed by atoms with Crippen molar-refractivity contribution in [3.05, 3.63) is 46.6 Å². The minimum absolute atomic E-state index is 0.0307. The minimum Gasteiger partial charge on any atom is -0.383 e. The molecule has 19 heavy (non-hydrogen) atoms. The fraction of sp³-hybridized carbons (Fsp3) is 0.385. The van der Waals surface area contributed by atoms with Gasteiger partial charge < -0.3 is 14.6 Å². The molecule has 0 spiro atoms. The lowest BCUT2D eigenvalue weighted by molar-refractivity contribution is 0.186. The van der Waals surface area contributed by atoms with Gasteiger partial charge in [-0.15, -0.1) is 0 Å². The monoisotopic (exact) mass is 262 g/mol. The highest BCUT2D eigenvalue weighted by Gasteiger charge is 2.07. The van der Waals surface area contributed by atoms with Crippen LogP contribution in [0.1, 0.15) is 18.7 Å². The highest BCUT2D eigenvalue weighted by atomic mass is 16.5. The Labute approximate surface area is 111 Å². The number of methoxy groups -OCH3 is 1. The van der Waals surface area contributed by atoms with Gasteiger partial charge in [0.2, 0.25) is 0 Å². The zero-order valence-corrected chi connectivity index (χ0v) is 11.1. The van der Waals surface area contributed by atoms with E-state index in [1.54, 1.807) is 36.2 Å². The van der Waals surface area contributed by atoms with E-state index in [4.69, 9.17) is 4.74 Å². The number of nitrogens with zero attached hydrogens (tertiary/aromatic N) is 2. The summed E-state index contributed by atoms with van der Waals surface area (Å²) in [5, 5.41) is 10.2. The van der Waals surface area contributed by atoms with Gasteiger partial charge in [-0.2, -0.15) is 5.10 Å². The number of hydrogen-bond donors (Lipinski definition) is 2. The molecule has 6 nitrogen and oxygen atoms in total. The van der Waals surface area contributed by atoms with Crippen molar-refractivity contribution >= 4 is 5.69 Å². The lowest BCUT2D eigenvalue weighted by Crippen LogP contribution is -2.21. The van der Waals surface area contributed by atoms with Gasteiger partial charge >= 0.3 is 0 Å². The van der Waals surface area contributed by atoms with Crippen molar-refractivity contribution in [1.82, 2.24) is 14.8 Å². The third-order valence-corrected chi connectivity index (χ3v) is 2.89. The largest absolute Gasteiger partial charge is 0.383 e. The van der Waals surface area contributed by atoms with Crippen molar-refractivity contribution in [1.29, 1.82) is 0 Å². The molecule has 0 aliphatic carbocycles. The van der Waals surface area contributed by atoms with Crippen LogP contribution in [0.5, 0.6) is 0 Å². The number of H-pyrrole nitrogens is 1. The minimum atomic E-state index is -0.0307. The summed E-state index contributed by atoms with van der Waals surface area (Å²) in [6.45, 7) is 3.08. The normalized spacial score (nSPS) is 12.3. The molecule has 2 aromatic rings. The van der Waals surface area contributed by atoms with E-state index in [-0.39, 0.29) is 11.6 Å². The first-order valence-corrected chi connectivity index (χ1v) is 6.16. The highest BCUT2D eigenvalue weighted by Crippen LogP contribution is 2.15. The van der Waals surface area contributed by atoms with Crippen molar-refractivity contribution < 1.29 is 4.74 Å². The molecule has 0 radical (unpaired) electrons. The second kappa shape index (κ2) is 6.19. The van der Waals surface area contributed by atoms with Crippen LogP contribution in [-0.2, 0) is 11.3 Å². The van der Waals surface area contributed by atoms with Gasteiger partial charge in [-0.05, 0) is 19.1 Å². The van der Waals surface area contributed by atoms with Crippen LogP contribution in [0.4, 0.5) is 5.69 Å². The Morgan fingerprint density at radius 1 is 1.47 bits per heavy atom. The summed E-state index contributed by atoms with van der Waals surface area (Å²) in [5.41, 5.74) is 1.85. The van der Waals surface area contributed by atoms with Crippen LogP contribution in [0.25, 0.3) is 0 Å². The van der Waals surface area contributed by atoms with Crippen LogP contribution in [-0.4, -0.2) is 28.5 Å². The summed E-state index contributed by atoms with van der Waals surface area (Å²) in [4.78, 5) is 11.7. The molecular formula is C13H18N4O2. The highest BCUT2D eigenvalue weighted by molar-refractivity contribution is 5.42. The van der Waals surface area contributed by atoms with E-state index in [2.05, 4.69) is 15.5 Å². The molecule has 0 saturated carbocycles. The van der Waals surface area contributed by atoms with E-state index in [1.165, 1.54) is 0 Å². The molecule has 0 aliphatic heterocycles. The first-order valence-electron chi connectivity index (χ1n) is 6.16. The van der Waals surface area contributed by atoms with Crippen LogP contribution in [0.2, 0.25) is 0 Å². The maximum absolute atomic E-state index is 11.7. The predicted octanol–water partition coefficient (Wildman–Crippen LogP) is 1.39. The van der Waals surface area contributed by atoms with E-state index in [9.17, 15) is 4.79 Å². The first-order chi connectivity index (χ1) is 9.20. The molecule has 0 fully saturated rings. The van der Waals surface area contributed by atoms with Crippen molar-refractivity contribution in [3.63, 3.8) is 0 Å². The van der Waals surface area contributed by atoms with Crippen molar-refractivity contribution in [2.24, 2.45) is 0 Å². The standard InChI is InChI=1S/C13H18N4O2/c1-10(12-5-6-14-16-12)15-11-3-4-13(18)17(9-11)7-8-19-2/h3-6,9-10,15H,7-8H2,1-2H3,(H,14,16). The molecule has 2 N–H and O–H groups in total. The Bertz CT molecular complexity index is 562. The summed E-state index contributed by atoms with van der Waals surface area (Å²) >= 11 is 0. The Hall–Kier alpha value is -2.08. The molecule has 1 unspecified atom stereocenters. The Morgan fingerprint density at radius 2 is 2.32 bits per heavy atom. The van der Waals surface area contributed by atoms with Gasteiger partial charge in [0.05, 0.1) is 24.0 Å².